The maximum atomic E-state index is 13.7. The van der Waals surface area contributed by atoms with Crippen LogP contribution in [0.5, 0.6) is 5.75 Å². The van der Waals surface area contributed by atoms with Gasteiger partial charge in [-0.05, 0) is 41.8 Å². The maximum absolute atomic E-state index is 13.7. The van der Waals surface area contributed by atoms with Gasteiger partial charge in [-0.15, -0.1) is 16.4 Å². The van der Waals surface area contributed by atoms with E-state index < -0.39 is 16.6 Å². The fourth-order valence-corrected chi connectivity index (χ4v) is 3.53. The highest BCUT2D eigenvalue weighted by Crippen LogP contribution is 2.30. The number of benzene rings is 2. The van der Waals surface area contributed by atoms with E-state index in [1.54, 1.807) is 12.1 Å². The first-order valence-electron chi connectivity index (χ1n) is 8.87. The van der Waals surface area contributed by atoms with Gasteiger partial charge in [-0.3, -0.25) is 14.9 Å². The summed E-state index contributed by atoms with van der Waals surface area (Å²) in [5.41, 5.74) is 0.0108. The lowest BCUT2D eigenvalue weighted by atomic mass is 10.2. The molecule has 2 aromatic heterocycles. The Labute approximate surface area is 178 Å². The van der Waals surface area contributed by atoms with E-state index in [4.69, 9.17) is 4.74 Å². The van der Waals surface area contributed by atoms with Gasteiger partial charge in [0.05, 0.1) is 28.7 Å². The van der Waals surface area contributed by atoms with Crippen LogP contribution in [0.4, 0.5) is 15.8 Å². The minimum atomic E-state index is -0.749. The monoisotopic (exact) mass is 439 g/mol. The second-order valence-corrected chi connectivity index (χ2v) is 7.17. The molecule has 0 aliphatic heterocycles. The highest BCUT2D eigenvalue weighted by Gasteiger charge is 2.23. The van der Waals surface area contributed by atoms with Gasteiger partial charge in [-0.2, -0.15) is 0 Å². The number of hydrogen-bond donors (Lipinski definition) is 1. The van der Waals surface area contributed by atoms with Gasteiger partial charge in [0.2, 0.25) is 5.82 Å². The molecular weight excluding hydrogens is 425 g/mol. The Morgan fingerprint density at radius 1 is 1.23 bits per heavy atom. The fourth-order valence-electron chi connectivity index (χ4n) is 2.83. The number of carbonyl (C=O) groups is 1. The van der Waals surface area contributed by atoms with Crippen LogP contribution in [0.2, 0.25) is 0 Å². The van der Waals surface area contributed by atoms with E-state index in [-0.39, 0.29) is 22.9 Å². The number of amides is 1. The maximum Gasteiger partial charge on any atom is 0.296 e. The Morgan fingerprint density at radius 3 is 2.74 bits per heavy atom. The lowest BCUT2D eigenvalue weighted by molar-refractivity contribution is -0.384. The summed E-state index contributed by atoms with van der Waals surface area (Å²) in [6, 6.07) is 13.4. The van der Waals surface area contributed by atoms with E-state index in [0.717, 1.165) is 0 Å². The third-order valence-corrected chi connectivity index (χ3v) is 5.12. The van der Waals surface area contributed by atoms with Crippen molar-refractivity contribution in [3.8, 4) is 22.1 Å². The molecule has 1 N–H and O–H groups in total. The van der Waals surface area contributed by atoms with Crippen LogP contribution >= 0.6 is 11.3 Å². The van der Waals surface area contributed by atoms with Crippen molar-refractivity contribution >= 4 is 28.6 Å². The number of thiophene rings is 1. The summed E-state index contributed by atoms with van der Waals surface area (Å²) >= 11 is 1.38. The minimum Gasteiger partial charge on any atom is -0.496 e. The van der Waals surface area contributed by atoms with Gasteiger partial charge in [0.25, 0.3) is 11.6 Å². The molecule has 0 atom stereocenters. The van der Waals surface area contributed by atoms with Crippen molar-refractivity contribution in [2.75, 3.05) is 12.4 Å². The van der Waals surface area contributed by atoms with Crippen LogP contribution in [0.3, 0.4) is 0 Å². The minimum absolute atomic E-state index is 0.0319. The lowest BCUT2D eigenvalue weighted by Crippen LogP contribution is -2.15. The zero-order valence-electron chi connectivity index (χ0n) is 16.0. The molecule has 156 valence electrons. The number of anilines is 1. The SMILES string of the molecule is COc1ccc(NC(=O)c2nc(-c3cccs3)n(-c3cccc(F)c3)n2)c([N+](=O)[O-])c1. The molecule has 0 aliphatic rings. The highest BCUT2D eigenvalue weighted by atomic mass is 32.1. The first-order chi connectivity index (χ1) is 15.0. The first kappa shape index (κ1) is 20.2. The van der Waals surface area contributed by atoms with Gasteiger partial charge in [0, 0.05) is 0 Å². The molecule has 0 fully saturated rings. The number of carbonyl (C=O) groups excluding carboxylic acids is 1. The summed E-state index contributed by atoms with van der Waals surface area (Å²) in [6.07, 6.45) is 0. The standard InChI is InChI=1S/C20H14FN5O4S/c1-30-14-7-8-15(16(11-14)26(28)29)22-20(27)18-23-19(17-6-3-9-31-17)25(24-18)13-5-2-4-12(21)10-13/h2-11H,1H3,(H,22,27). The molecule has 9 nitrogen and oxygen atoms in total. The predicted molar refractivity (Wildman–Crippen MR) is 112 cm³/mol. The second kappa shape index (κ2) is 8.32. The number of methoxy groups -OCH3 is 1. The Bertz CT molecular complexity index is 1270. The summed E-state index contributed by atoms with van der Waals surface area (Å²) in [4.78, 5) is 28.5. The van der Waals surface area contributed by atoms with Gasteiger partial charge >= 0.3 is 0 Å². The summed E-state index contributed by atoms with van der Waals surface area (Å²) < 4.78 is 20.1. The van der Waals surface area contributed by atoms with Crippen LogP contribution in [0.1, 0.15) is 10.6 Å². The number of nitrogens with zero attached hydrogens (tertiary/aromatic N) is 4. The molecule has 0 saturated carbocycles. The molecule has 11 heteroatoms. The smallest absolute Gasteiger partial charge is 0.296 e. The zero-order chi connectivity index (χ0) is 22.0. The van der Waals surface area contributed by atoms with Gasteiger partial charge in [0.1, 0.15) is 17.3 Å². The van der Waals surface area contributed by atoms with E-state index in [1.807, 2.05) is 11.4 Å². The Kier molecular flexibility index (Phi) is 5.41. The van der Waals surface area contributed by atoms with Gasteiger partial charge in [-0.1, -0.05) is 12.1 Å². The quantitative estimate of drug-likeness (QED) is 0.354. The molecule has 2 heterocycles. The molecule has 0 unspecified atom stereocenters. The highest BCUT2D eigenvalue weighted by molar-refractivity contribution is 7.13. The van der Waals surface area contributed by atoms with Gasteiger partial charge in [-0.25, -0.2) is 14.1 Å². The topological polar surface area (TPSA) is 112 Å². The second-order valence-electron chi connectivity index (χ2n) is 6.22. The fraction of sp³-hybridized carbons (Fsp3) is 0.0500. The summed E-state index contributed by atoms with van der Waals surface area (Å²) in [6.45, 7) is 0. The first-order valence-corrected chi connectivity index (χ1v) is 9.75. The molecule has 0 bridgehead atoms. The van der Waals surface area contributed by atoms with Gasteiger partial charge < -0.3 is 10.1 Å². The normalized spacial score (nSPS) is 10.6. The molecule has 2 aromatic carbocycles. The molecule has 0 radical (unpaired) electrons. The Morgan fingerprint density at radius 2 is 2.06 bits per heavy atom. The summed E-state index contributed by atoms with van der Waals surface area (Å²) in [5, 5.41) is 19.9. The van der Waals surface area contributed by atoms with Crippen molar-refractivity contribution in [3.05, 3.63) is 81.7 Å². The summed E-state index contributed by atoms with van der Waals surface area (Å²) in [7, 11) is 1.38. The van der Waals surface area contributed by atoms with Crippen LogP contribution in [-0.2, 0) is 0 Å². The van der Waals surface area contributed by atoms with Crippen LogP contribution in [0.15, 0.2) is 60.0 Å². The van der Waals surface area contributed by atoms with Crippen LogP contribution in [0, 0.1) is 15.9 Å². The number of nitrogens with one attached hydrogen (secondary N) is 1. The van der Waals surface area contributed by atoms with Crippen molar-refractivity contribution in [2.45, 2.75) is 0 Å². The molecule has 4 rings (SSSR count). The lowest BCUT2D eigenvalue weighted by Gasteiger charge is -2.06. The number of aromatic nitrogens is 3. The average Bonchev–Trinajstić information content (AvgIpc) is 3.43. The third-order valence-electron chi connectivity index (χ3n) is 4.25. The largest absolute Gasteiger partial charge is 0.496 e. The number of ether oxygens (including phenoxy) is 1. The average molecular weight is 439 g/mol. The molecule has 1 amide bonds. The van der Waals surface area contributed by atoms with E-state index >= 15 is 0 Å². The van der Waals surface area contributed by atoms with Crippen molar-refractivity contribution in [3.63, 3.8) is 0 Å². The molecule has 31 heavy (non-hydrogen) atoms. The van der Waals surface area contributed by atoms with E-state index in [1.165, 1.54) is 59.5 Å². The summed E-state index contributed by atoms with van der Waals surface area (Å²) in [5.74, 6) is -0.822. The zero-order valence-corrected chi connectivity index (χ0v) is 16.8. The number of halogens is 1. The number of nitro groups is 1. The number of nitro benzene ring substituents is 1. The Balaban J connectivity index is 1.73. The van der Waals surface area contributed by atoms with E-state index in [9.17, 15) is 19.3 Å². The van der Waals surface area contributed by atoms with Crippen molar-refractivity contribution in [1.29, 1.82) is 0 Å². The molecular formula is C20H14FN5O4S. The molecule has 4 aromatic rings. The molecule has 0 saturated heterocycles. The Hall–Kier alpha value is -4.12. The predicted octanol–water partition coefficient (Wildman–Crippen LogP) is 4.30. The van der Waals surface area contributed by atoms with Gasteiger partial charge in [0.15, 0.2) is 5.82 Å². The molecule has 0 aliphatic carbocycles. The molecule has 0 spiro atoms. The number of rotatable bonds is 6. The van der Waals surface area contributed by atoms with E-state index in [0.29, 0.717) is 16.4 Å². The third kappa shape index (κ3) is 4.12. The number of hydrogen-bond acceptors (Lipinski definition) is 7. The van der Waals surface area contributed by atoms with Crippen LogP contribution in [0.25, 0.3) is 16.4 Å². The van der Waals surface area contributed by atoms with Crippen molar-refractivity contribution < 1.29 is 18.8 Å². The van der Waals surface area contributed by atoms with Crippen LogP contribution in [-0.4, -0.2) is 32.7 Å². The van der Waals surface area contributed by atoms with Crippen LogP contribution < -0.4 is 10.1 Å². The van der Waals surface area contributed by atoms with Crippen molar-refractivity contribution in [1.82, 2.24) is 14.8 Å². The van der Waals surface area contributed by atoms with E-state index in [2.05, 4.69) is 15.4 Å². The van der Waals surface area contributed by atoms with Crippen molar-refractivity contribution in [2.24, 2.45) is 0 Å².